The predicted octanol–water partition coefficient (Wildman–Crippen LogP) is 4.56. The summed E-state index contributed by atoms with van der Waals surface area (Å²) in [6.45, 7) is 9.20. The predicted molar refractivity (Wildman–Crippen MR) is 109 cm³/mol. The van der Waals surface area contributed by atoms with Crippen LogP contribution in [-0.4, -0.2) is 41.3 Å². The van der Waals surface area contributed by atoms with Crippen LogP contribution in [0.5, 0.6) is 5.75 Å². The Balaban J connectivity index is 1.81. The Morgan fingerprint density at radius 2 is 1.78 bits per heavy atom. The first-order valence-electron chi connectivity index (χ1n) is 9.62. The van der Waals surface area contributed by atoms with Crippen molar-refractivity contribution in [3.05, 3.63) is 36.2 Å². The molecule has 0 atom stereocenters. The second kappa shape index (κ2) is 9.37. The summed E-state index contributed by atoms with van der Waals surface area (Å²) in [6, 6.07) is 8.15. The van der Waals surface area contributed by atoms with Gasteiger partial charge in [-0.2, -0.15) is 0 Å². The van der Waals surface area contributed by atoms with Crippen molar-refractivity contribution < 1.29 is 9.47 Å². The normalized spacial score (nSPS) is 11.1. The molecule has 0 amide bonds. The first-order valence-corrected chi connectivity index (χ1v) is 9.62. The van der Waals surface area contributed by atoms with E-state index in [0.29, 0.717) is 6.61 Å². The molecule has 0 saturated carbocycles. The Morgan fingerprint density at radius 1 is 1.00 bits per heavy atom. The fourth-order valence-electron chi connectivity index (χ4n) is 3.02. The monoisotopic (exact) mass is 368 g/mol. The fourth-order valence-corrected chi connectivity index (χ4v) is 3.02. The van der Waals surface area contributed by atoms with Gasteiger partial charge in [-0.25, -0.2) is 9.97 Å². The van der Waals surface area contributed by atoms with Gasteiger partial charge in [-0.05, 0) is 55.2 Å². The van der Waals surface area contributed by atoms with Crippen LogP contribution in [0.15, 0.2) is 30.6 Å². The highest BCUT2D eigenvalue weighted by Crippen LogP contribution is 2.32. The topological polar surface area (TPSA) is 72.1 Å². The molecule has 0 bridgehead atoms. The summed E-state index contributed by atoms with van der Waals surface area (Å²) < 4.78 is 11.2. The van der Waals surface area contributed by atoms with Gasteiger partial charge in [-0.15, -0.1) is 0 Å². The molecular formula is C21H28N4O2. The second-order valence-electron chi connectivity index (χ2n) is 6.48. The number of anilines is 1. The van der Waals surface area contributed by atoms with Gasteiger partial charge in [0.25, 0.3) is 0 Å². The lowest BCUT2D eigenvalue weighted by Crippen LogP contribution is -2.11. The molecule has 2 N–H and O–H groups in total. The Morgan fingerprint density at radius 3 is 2.52 bits per heavy atom. The van der Waals surface area contributed by atoms with Crippen LogP contribution in [0.25, 0.3) is 22.3 Å². The van der Waals surface area contributed by atoms with Gasteiger partial charge >= 0.3 is 0 Å². The molecular weight excluding hydrogens is 340 g/mol. The van der Waals surface area contributed by atoms with Crippen LogP contribution < -0.4 is 10.1 Å². The van der Waals surface area contributed by atoms with Crippen molar-refractivity contribution in [1.82, 2.24) is 15.0 Å². The summed E-state index contributed by atoms with van der Waals surface area (Å²) in [5.41, 5.74) is 4.12. The summed E-state index contributed by atoms with van der Waals surface area (Å²) in [4.78, 5) is 12.3. The van der Waals surface area contributed by atoms with Gasteiger partial charge < -0.3 is 19.8 Å². The molecule has 2 heterocycles. The Labute approximate surface area is 160 Å². The third-order valence-electron chi connectivity index (χ3n) is 4.34. The van der Waals surface area contributed by atoms with Gasteiger partial charge in [0.2, 0.25) is 0 Å². The number of nitrogens with one attached hydrogen (secondary N) is 2. The van der Waals surface area contributed by atoms with Crippen LogP contribution in [-0.2, 0) is 4.74 Å². The molecule has 0 aliphatic heterocycles. The van der Waals surface area contributed by atoms with Crippen molar-refractivity contribution in [2.45, 2.75) is 33.6 Å². The van der Waals surface area contributed by atoms with Gasteiger partial charge in [-0.1, -0.05) is 13.8 Å². The van der Waals surface area contributed by atoms with Crippen LogP contribution in [0.3, 0.4) is 0 Å². The minimum atomic E-state index is 0.662. The van der Waals surface area contributed by atoms with E-state index in [1.165, 1.54) is 0 Å². The van der Waals surface area contributed by atoms with Gasteiger partial charge in [-0.3, -0.25) is 0 Å². The first-order chi connectivity index (χ1) is 13.2. The molecule has 0 spiro atoms. The molecule has 6 heteroatoms. The third-order valence-corrected chi connectivity index (χ3v) is 4.34. The number of H-pyrrole nitrogens is 1. The van der Waals surface area contributed by atoms with Crippen LogP contribution in [0.2, 0.25) is 0 Å². The molecule has 2 aromatic heterocycles. The number of aromatic amines is 1. The molecule has 6 nitrogen and oxygen atoms in total. The van der Waals surface area contributed by atoms with E-state index in [2.05, 4.69) is 53.2 Å². The summed E-state index contributed by atoms with van der Waals surface area (Å²) in [5.74, 6) is 1.73. The average Bonchev–Trinajstić information content (AvgIpc) is 3.04. The number of benzene rings is 1. The Bertz CT molecular complexity index is 858. The molecule has 0 saturated heterocycles. The molecule has 3 aromatic rings. The first kappa shape index (κ1) is 19.2. The number of aryl methyl sites for hydroxylation is 1. The van der Waals surface area contributed by atoms with E-state index < -0.39 is 0 Å². The molecule has 0 radical (unpaired) electrons. The molecule has 27 heavy (non-hydrogen) atoms. The van der Waals surface area contributed by atoms with Gasteiger partial charge in [0.05, 0.1) is 24.3 Å². The van der Waals surface area contributed by atoms with Gasteiger partial charge in [0.1, 0.15) is 23.5 Å². The lowest BCUT2D eigenvalue weighted by Gasteiger charge is -2.08. The van der Waals surface area contributed by atoms with Gasteiger partial charge in [0, 0.05) is 13.2 Å². The van der Waals surface area contributed by atoms with Crippen molar-refractivity contribution >= 4 is 16.9 Å². The van der Waals surface area contributed by atoms with E-state index in [1.807, 2.05) is 12.1 Å². The molecule has 0 unspecified atom stereocenters. The number of nitrogens with zero attached hydrogens (tertiary/aromatic N) is 2. The van der Waals surface area contributed by atoms with Crippen LogP contribution >= 0.6 is 0 Å². The SMILES string of the molecule is CCCOCCNc1ncnc2[nH]c(-c3ccc(OCCC)cc3)c(C)c12. The number of ether oxygens (including phenoxy) is 2. The van der Waals surface area contributed by atoms with Crippen molar-refractivity contribution in [2.75, 3.05) is 31.7 Å². The molecule has 144 valence electrons. The third kappa shape index (κ3) is 4.57. The standard InChI is InChI=1S/C21H28N4O2/c1-4-11-26-13-10-22-20-18-15(3)19(25-21(18)24-14-23-20)16-6-8-17(9-7-16)27-12-5-2/h6-9,14H,4-5,10-13H2,1-3H3,(H2,22,23,24,25). The van der Waals surface area contributed by atoms with E-state index in [9.17, 15) is 0 Å². The maximum Gasteiger partial charge on any atom is 0.143 e. The number of aromatic nitrogens is 3. The highest BCUT2D eigenvalue weighted by atomic mass is 16.5. The van der Waals surface area contributed by atoms with E-state index in [1.54, 1.807) is 6.33 Å². The maximum atomic E-state index is 5.67. The summed E-state index contributed by atoms with van der Waals surface area (Å²) in [5, 5.41) is 4.39. The number of fused-ring (bicyclic) bond motifs is 1. The largest absolute Gasteiger partial charge is 0.494 e. The van der Waals surface area contributed by atoms with E-state index in [4.69, 9.17) is 9.47 Å². The maximum absolute atomic E-state index is 5.67. The molecule has 3 rings (SSSR count). The van der Waals surface area contributed by atoms with Crippen LogP contribution in [0.1, 0.15) is 32.3 Å². The lowest BCUT2D eigenvalue weighted by atomic mass is 10.1. The number of rotatable bonds is 10. The van der Waals surface area contributed by atoms with Crippen LogP contribution in [0, 0.1) is 6.92 Å². The zero-order chi connectivity index (χ0) is 19.1. The summed E-state index contributed by atoms with van der Waals surface area (Å²) >= 11 is 0. The van der Waals surface area contributed by atoms with Crippen molar-refractivity contribution in [3.8, 4) is 17.0 Å². The Hall–Kier alpha value is -2.60. The quantitative estimate of drug-likeness (QED) is 0.513. The highest BCUT2D eigenvalue weighted by Gasteiger charge is 2.14. The second-order valence-corrected chi connectivity index (χ2v) is 6.48. The van der Waals surface area contributed by atoms with Crippen molar-refractivity contribution in [1.29, 1.82) is 0 Å². The van der Waals surface area contributed by atoms with Crippen molar-refractivity contribution in [2.24, 2.45) is 0 Å². The smallest absolute Gasteiger partial charge is 0.143 e. The molecule has 0 aliphatic carbocycles. The van der Waals surface area contributed by atoms with Gasteiger partial charge in [0.15, 0.2) is 0 Å². The summed E-state index contributed by atoms with van der Waals surface area (Å²) in [6.07, 6.45) is 3.61. The lowest BCUT2D eigenvalue weighted by molar-refractivity contribution is 0.144. The van der Waals surface area contributed by atoms with Crippen LogP contribution in [0.4, 0.5) is 5.82 Å². The van der Waals surface area contributed by atoms with E-state index in [0.717, 1.165) is 72.0 Å². The number of hydrogen-bond donors (Lipinski definition) is 2. The van der Waals surface area contributed by atoms with E-state index >= 15 is 0 Å². The zero-order valence-electron chi connectivity index (χ0n) is 16.3. The average molecular weight is 368 g/mol. The minimum Gasteiger partial charge on any atom is -0.494 e. The molecule has 0 aliphatic rings. The Kier molecular flexibility index (Phi) is 6.65. The fraction of sp³-hybridized carbons (Fsp3) is 0.429. The van der Waals surface area contributed by atoms with Crippen molar-refractivity contribution in [3.63, 3.8) is 0 Å². The van der Waals surface area contributed by atoms with E-state index in [-0.39, 0.29) is 0 Å². The molecule has 1 aromatic carbocycles. The molecule has 0 fully saturated rings. The highest BCUT2D eigenvalue weighted by molar-refractivity contribution is 5.95. The summed E-state index contributed by atoms with van der Waals surface area (Å²) in [7, 11) is 0. The zero-order valence-corrected chi connectivity index (χ0v) is 16.3. The minimum absolute atomic E-state index is 0.662. The number of hydrogen-bond acceptors (Lipinski definition) is 5.